The van der Waals surface area contributed by atoms with E-state index in [2.05, 4.69) is 5.32 Å². The van der Waals surface area contributed by atoms with Gasteiger partial charge in [-0.1, -0.05) is 19.1 Å². The van der Waals surface area contributed by atoms with Crippen molar-refractivity contribution in [2.75, 3.05) is 6.54 Å². The maximum absolute atomic E-state index is 11.6. The van der Waals surface area contributed by atoms with Crippen LogP contribution < -0.4 is 5.32 Å². The predicted molar refractivity (Wildman–Crippen MR) is 75.0 cm³/mol. The molecule has 1 atom stereocenters. The Labute approximate surface area is 114 Å². The predicted octanol–water partition coefficient (Wildman–Crippen LogP) is 2.77. The maximum atomic E-state index is 11.6. The SMILES string of the molecule is CCC(NCC(=O)OC(C)(C)C)c1ccc(O)cc1. The van der Waals surface area contributed by atoms with Crippen LogP contribution in [0.5, 0.6) is 5.75 Å². The molecule has 0 fully saturated rings. The highest BCUT2D eigenvalue weighted by atomic mass is 16.6. The molecule has 0 bridgehead atoms. The van der Waals surface area contributed by atoms with Crippen molar-refractivity contribution < 1.29 is 14.6 Å². The third kappa shape index (κ3) is 5.75. The molecule has 106 valence electrons. The number of rotatable bonds is 5. The number of carbonyl (C=O) groups is 1. The molecule has 0 saturated heterocycles. The third-order valence-electron chi connectivity index (χ3n) is 2.62. The van der Waals surface area contributed by atoms with Crippen molar-refractivity contribution in [2.24, 2.45) is 0 Å². The minimum absolute atomic E-state index is 0.0770. The van der Waals surface area contributed by atoms with Crippen molar-refractivity contribution >= 4 is 5.97 Å². The normalized spacial score (nSPS) is 13.1. The molecule has 0 saturated carbocycles. The first kappa shape index (κ1) is 15.5. The van der Waals surface area contributed by atoms with E-state index in [0.29, 0.717) is 0 Å². The van der Waals surface area contributed by atoms with Crippen LogP contribution in [0.15, 0.2) is 24.3 Å². The molecule has 4 heteroatoms. The van der Waals surface area contributed by atoms with Gasteiger partial charge in [-0.15, -0.1) is 0 Å². The van der Waals surface area contributed by atoms with Gasteiger partial charge < -0.3 is 15.2 Å². The van der Waals surface area contributed by atoms with Crippen molar-refractivity contribution in [1.29, 1.82) is 0 Å². The summed E-state index contributed by atoms with van der Waals surface area (Å²) in [7, 11) is 0. The van der Waals surface area contributed by atoms with E-state index < -0.39 is 5.60 Å². The van der Waals surface area contributed by atoms with Crippen molar-refractivity contribution in [3.63, 3.8) is 0 Å². The Morgan fingerprint density at radius 1 is 1.32 bits per heavy atom. The Morgan fingerprint density at radius 3 is 2.37 bits per heavy atom. The molecule has 1 aromatic carbocycles. The fourth-order valence-corrected chi connectivity index (χ4v) is 1.79. The zero-order valence-corrected chi connectivity index (χ0v) is 12.1. The Balaban J connectivity index is 2.54. The quantitative estimate of drug-likeness (QED) is 0.804. The van der Waals surface area contributed by atoms with Crippen LogP contribution >= 0.6 is 0 Å². The average Bonchev–Trinajstić information content (AvgIpc) is 2.29. The van der Waals surface area contributed by atoms with Gasteiger partial charge in [0.25, 0.3) is 0 Å². The van der Waals surface area contributed by atoms with Gasteiger partial charge in [-0.25, -0.2) is 0 Å². The van der Waals surface area contributed by atoms with Gasteiger partial charge in [0.05, 0.1) is 6.54 Å². The molecular weight excluding hydrogens is 242 g/mol. The Bertz CT molecular complexity index is 406. The molecule has 1 aromatic rings. The third-order valence-corrected chi connectivity index (χ3v) is 2.62. The number of nitrogens with one attached hydrogen (secondary N) is 1. The van der Waals surface area contributed by atoms with Crippen molar-refractivity contribution in [1.82, 2.24) is 5.32 Å². The molecule has 4 nitrogen and oxygen atoms in total. The first-order valence-electron chi connectivity index (χ1n) is 6.56. The topological polar surface area (TPSA) is 58.6 Å². The second-order valence-corrected chi connectivity index (χ2v) is 5.52. The lowest BCUT2D eigenvalue weighted by Crippen LogP contribution is -2.33. The highest BCUT2D eigenvalue weighted by Crippen LogP contribution is 2.19. The Kier molecular flexibility index (Phi) is 5.36. The van der Waals surface area contributed by atoms with Crippen LogP contribution in [-0.4, -0.2) is 23.2 Å². The highest BCUT2D eigenvalue weighted by Gasteiger charge is 2.17. The Morgan fingerprint density at radius 2 is 1.89 bits per heavy atom. The summed E-state index contributed by atoms with van der Waals surface area (Å²) in [5.41, 5.74) is 0.586. The van der Waals surface area contributed by atoms with Gasteiger partial charge in [0, 0.05) is 6.04 Å². The number of benzene rings is 1. The van der Waals surface area contributed by atoms with Crippen LogP contribution in [0.4, 0.5) is 0 Å². The van der Waals surface area contributed by atoms with Gasteiger partial charge in [-0.3, -0.25) is 4.79 Å². The number of hydrogen-bond donors (Lipinski definition) is 2. The zero-order valence-electron chi connectivity index (χ0n) is 12.1. The van der Waals surface area contributed by atoms with Crippen molar-refractivity contribution in [3.05, 3.63) is 29.8 Å². The van der Waals surface area contributed by atoms with Gasteiger partial charge in [0.15, 0.2) is 0 Å². The van der Waals surface area contributed by atoms with Crippen molar-refractivity contribution in [2.45, 2.75) is 45.8 Å². The molecule has 19 heavy (non-hydrogen) atoms. The van der Waals surface area contributed by atoms with E-state index in [1.54, 1.807) is 12.1 Å². The molecule has 1 unspecified atom stereocenters. The first-order valence-corrected chi connectivity index (χ1v) is 6.56. The molecule has 0 aliphatic carbocycles. The van der Waals surface area contributed by atoms with Crippen LogP contribution in [0.25, 0.3) is 0 Å². The number of esters is 1. The number of phenols is 1. The fourth-order valence-electron chi connectivity index (χ4n) is 1.79. The summed E-state index contributed by atoms with van der Waals surface area (Å²) in [5, 5.41) is 12.4. The summed E-state index contributed by atoms with van der Waals surface area (Å²) in [4.78, 5) is 11.6. The van der Waals surface area contributed by atoms with Crippen LogP contribution in [0.1, 0.15) is 45.7 Å². The van der Waals surface area contributed by atoms with E-state index in [1.807, 2.05) is 39.8 Å². The molecule has 0 aliphatic rings. The second kappa shape index (κ2) is 6.57. The van der Waals surface area contributed by atoms with Gasteiger partial charge in [-0.05, 0) is 44.9 Å². The molecule has 0 amide bonds. The number of carbonyl (C=O) groups excluding carboxylic acids is 1. The summed E-state index contributed by atoms with van der Waals surface area (Å²) in [5.74, 6) is -0.0181. The number of phenolic OH excluding ortho intramolecular Hbond substituents is 1. The summed E-state index contributed by atoms with van der Waals surface area (Å²) in [6.45, 7) is 7.77. The number of hydrogen-bond acceptors (Lipinski definition) is 4. The molecule has 0 spiro atoms. The highest BCUT2D eigenvalue weighted by molar-refractivity contribution is 5.72. The number of ether oxygens (including phenoxy) is 1. The van der Waals surface area contributed by atoms with Crippen LogP contribution in [0, 0.1) is 0 Å². The molecule has 0 aliphatic heterocycles. The molecule has 2 N–H and O–H groups in total. The van der Waals surface area contributed by atoms with E-state index in [4.69, 9.17) is 4.74 Å². The Hall–Kier alpha value is -1.55. The van der Waals surface area contributed by atoms with Crippen molar-refractivity contribution in [3.8, 4) is 5.75 Å². The van der Waals surface area contributed by atoms with Gasteiger partial charge >= 0.3 is 5.97 Å². The van der Waals surface area contributed by atoms with Gasteiger partial charge in [0.2, 0.25) is 0 Å². The molecule has 0 radical (unpaired) electrons. The number of aromatic hydroxyl groups is 1. The summed E-state index contributed by atoms with van der Waals surface area (Å²) >= 11 is 0. The van der Waals surface area contributed by atoms with E-state index >= 15 is 0 Å². The summed E-state index contributed by atoms with van der Waals surface area (Å²) < 4.78 is 5.25. The van der Waals surface area contributed by atoms with E-state index in [1.165, 1.54) is 0 Å². The molecule has 0 heterocycles. The molecule has 0 aromatic heterocycles. The molecular formula is C15H23NO3. The fraction of sp³-hybridized carbons (Fsp3) is 0.533. The largest absolute Gasteiger partial charge is 0.508 e. The first-order chi connectivity index (χ1) is 8.81. The van der Waals surface area contributed by atoms with Gasteiger partial charge in [-0.2, -0.15) is 0 Å². The van der Waals surface area contributed by atoms with Crippen LogP contribution in [-0.2, 0) is 9.53 Å². The van der Waals surface area contributed by atoms with Crippen LogP contribution in [0.2, 0.25) is 0 Å². The smallest absolute Gasteiger partial charge is 0.320 e. The lowest BCUT2D eigenvalue weighted by Gasteiger charge is -2.21. The van der Waals surface area contributed by atoms with Gasteiger partial charge in [0.1, 0.15) is 11.4 Å². The lowest BCUT2D eigenvalue weighted by molar-refractivity contribution is -0.153. The molecule has 1 rings (SSSR count). The maximum Gasteiger partial charge on any atom is 0.320 e. The standard InChI is InChI=1S/C15H23NO3/c1-5-13(11-6-8-12(17)9-7-11)16-10-14(18)19-15(2,3)4/h6-9,13,16-17H,5,10H2,1-4H3. The monoisotopic (exact) mass is 265 g/mol. The van der Waals surface area contributed by atoms with E-state index in [0.717, 1.165) is 12.0 Å². The minimum Gasteiger partial charge on any atom is -0.508 e. The zero-order chi connectivity index (χ0) is 14.5. The van der Waals surface area contributed by atoms with Crippen LogP contribution in [0.3, 0.4) is 0 Å². The average molecular weight is 265 g/mol. The second-order valence-electron chi connectivity index (χ2n) is 5.52. The van der Waals surface area contributed by atoms with E-state index in [-0.39, 0.29) is 24.3 Å². The summed E-state index contributed by atoms with van der Waals surface area (Å²) in [6, 6.07) is 7.07. The van der Waals surface area contributed by atoms with E-state index in [9.17, 15) is 9.90 Å². The lowest BCUT2D eigenvalue weighted by atomic mass is 10.0. The minimum atomic E-state index is -0.459. The summed E-state index contributed by atoms with van der Waals surface area (Å²) in [6.07, 6.45) is 0.855.